The van der Waals surface area contributed by atoms with Gasteiger partial charge in [-0.2, -0.15) is 0 Å². The van der Waals surface area contributed by atoms with E-state index in [2.05, 4.69) is 51.1 Å². The van der Waals surface area contributed by atoms with Crippen molar-refractivity contribution < 1.29 is 9.52 Å². The van der Waals surface area contributed by atoms with Crippen LogP contribution in [0.25, 0.3) is 0 Å². The van der Waals surface area contributed by atoms with Gasteiger partial charge in [-0.1, -0.05) is 30.3 Å². The number of hydrogen-bond donors (Lipinski definition) is 1. The molecule has 1 aromatic carbocycles. The second-order valence-corrected chi connectivity index (χ2v) is 8.64. The minimum absolute atomic E-state index is 0.252. The van der Waals surface area contributed by atoms with Crippen LogP contribution in [0, 0.1) is 6.92 Å². The largest absolute Gasteiger partial charge is 0.465 e. The van der Waals surface area contributed by atoms with Crippen molar-refractivity contribution in [2.24, 2.45) is 0 Å². The molecule has 2 aliphatic heterocycles. The Morgan fingerprint density at radius 2 is 1.76 bits per heavy atom. The molecule has 2 aromatic rings. The number of furan rings is 1. The normalized spacial score (nSPS) is 22.9. The van der Waals surface area contributed by atoms with Gasteiger partial charge >= 0.3 is 0 Å². The molecule has 2 aliphatic rings. The molecule has 0 bridgehead atoms. The Morgan fingerprint density at radius 1 is 0.966 bits per heavy atom. The van der Waals surface area contributed by atoms with Gasteiger partial charge in [0.25, 0.3) is 0 Å². The lowest BCUT2D eigenvalue weighted by atomic mass is 9.99. The molecule has 5 nitrogen and oxygen atoms in total. The standard InChI is InChI=1S/C24H35N3O2/c1-20-7-8-24(29-20)19-27-15-14-26(18-23(27)11-16-28)22-9-12-25(13-10-22)17-21-5-3-2-4-6-21/h2-8,22-23,28H,9-19H2,1H3/t23-/m1/s1. The van der Waals surface area contributed by atoms with E-state index >= 15 is 0 Å². The van der Waals surface area contributed by atoms with E-state index < -0.39 is 0 Å². The molecule has 3 heterocycles. The zero-order valence-electron chi connectivity index (χ0n) is 17.7. The van der Waals surface area contributed by atoms with Crippen LogP contribution in [0.4, 0.5) is 0 Å². The summed E-state index contributed by atoms with van der Waals surface area (Å²) in [5, 5.41) is 9.60. The number of nitrogens with zero attached hydrogens (tertiary/aromatic N) is 3. The predicted octanol–water partition coefficient (Wildman–Crippen LogP) is 3.12. The number of aliphatic hydroxyl groups is 1. The number of piperidine rings is 1. The van der Waals surface area contributed by atoms with Gasteiger partial charge in [0, 0.05) is 44.9 Å². The third-order valence-corrected chi connectivity index (χ3v) is 6.58. The lowest BCUT2D eigenvalue weighted by molar-refractivity contribution is 0.00961. The highest BCUT2D eigenvalue weighted by atomic mass is 16.3. The molecule has 2 fully saturated rings. The predicted molar refractivity (Wildman–Crippen MR) is 116 cm³/mol. The van der Waals surface area contributed by atoms with Crippen molar-refractivity contribution in [3.8, 4) is 0 Å². The molecule has 29 heavy (non-hydrogen) atoms. The third-order valence-electron chi connectivity index (χ3n) is 6.58. The van der Waals surface area contributed by atoms with Gasteiger partial charge in [0.1, 0.15) is 11.5 Å². The molecule has 0 aliphatic carbocycles. The molecule has 4 rings (SSSR count). The van der Waals surface area contributed by atoms with E-state index in [4.69, 9.17) is 4.42 Å². The van der Waals surface area contributed by atoms with E-state index in [9.17, 15) is 5.11 Å². The molecule has 158 valence electrons. The number of benzene rings is 1. The lowest BCUT2D eigenvalue weighted by Crippen LogP contribution is -2.57. The Labute approximate surface area is 174 Å². The molecule has 1 N–H and O–H groups in total. The van der Waals surface area contributed by atoms with Crippen LogP contribution in [-0.4, -0.2) is 71.2 Å². The summed E-state index contributed by atoms with van der Waals surface area (Å²) in [6.45, 7) is 9.74. The van der Waals surface area contributed by atoms with Crippen LogP contribution < -0.4 is 0 Å². The van der Waals surface area contributed by atoms with Crippen molar-refractivity contribution in [2.75, 3.05) is 39.3 Å². The van der Waals surface area contributed by atoms with Gasteiger partial charge in [0.2, 0.25) is 0 Å². The van der Waals surface area contributed by atoms with Crippen molar-refractivity contribution in [3.05, 3.63) is 59.5 Å². The zero-order chi connectivity index (χ0) is 20.1. The topological polar surface area (TPSA) is 43.1 Å². The molecule has 1 atom stereocenters. The minimum atomic E-state index is 0.252. The number of aliphatic hydroxyl groups excluding tert-OH is 1. The summed E-state index contributed by atoms with van der Waals surface area (Å²) in [6, 6.07) is 16.0. The van der Waals surface area contributed by atoms with Crippen LogP contribution >= 0.6 is 0 Å². The Hall–Kier alpha value is -1.66. The number of piperazine rings is 1. The van der Waals surface area contributed by atoms with Gasteiger partial charge in [-0.05, 0) is 57.0 Å². The first-order valence-electron chi connectivity index (χ1n) is 11.1. The molecular formula is C24H35N3O2. The fourth-order valence-corrected chi connectivity index (χ4v) is 4.93. The monoisotopic (exact) mass is 397 g/mol. The molecule has 0 spiro atoms. The SMILES string of the molecule is Cc1ccc(CN2CCN(C3CCN(Cc4ccccc4)CC3)C[C@H]2CCO)o1. The Bertz CT molecular complexity index is 740. The molecule has 2 saturated heterocycles. The summed E-state index contributed by atoms with van der Waals surface area (Å²) < 4.78 is 5.79. The van der Waals surface area contributed by atoms with Gasteiger partial charge in [-0.15, -0.1) is 0 Å². The first-order valence-corrected chi connectivity index (χ1v) is 11.1. The summed E-state index contributed by atoms with van der Waals surface area (Å²) in [7, 11) is 0. The van der Waals surface area contributed by atoms with E-state index in [0.29, 0.717) is 12.1 Å². The van der Waals surface area contributed by atoms with Crippen molar-refractivity contribution >= 4 is 0 Å². The highest BCUT2D eigenvalue weighted by Crippen LogP contribution is 2.24. The number of hydrogen-bond acceptors (Lipinski definition) is 5. The van der Waals surface area contributed by atoms with Gasteiger partial charge in [-0.3, -0.25) is 14.7 Å². The quantitative estimate of drug-likeness (QED) is 0.778. The highest BCUT2D eigenvalue weighted by molar-refractivity contribution is 5.14. The van der Waals surface area contributed by atoms with Crippen molar-refractivity contribution in [1.82, 2.24) is 14.7 Å². The van der Waals surface area contributed by atoms with Crippen molar-refractivity contribution in [3.63, 3.8) is 0 Å². The van der Waals surface area contributed by atoms with E-state index in [1.807, 2.05) is 13.0 Å². The van der Waals surface area contributed by atoms with E-state index in [-0.39, 0.29) is 6.61 Å². The highest BCUT2D eigenvalue weighted by Gasteiger charge is 2.32. The smallest absolute Gasteiger partial charge is 0.118 e. The molecule has 1 aromatic heterocycles. The first kappa shape index (κ1) is 20.6. The van der Waals surface area contributed by atoms with Gasteiger partial charge in [0.05, 0.1) is 6.54 Å². The first-order chi connectivity index (χ1) is 14.2. The number of likely N-dealkylation sites (tertiary alicyclic amines) is 1. The van der Waals surface area contributed by atoms with Crippen LogP contribution in [0.3, 0.4) is 0 Å². The van der Waals surface area contributed by atoms with E-state index in [1.54, 1.807) is 0 Å². The Kier molecular flexibility index (Phi) is 7.03. The maximum absolute atomic E-state index is 9.60. The van der Waals surface area contributed by atoms with Gasteiger partial charge < -0.3 is 9.52 Å². The zero-order valence-corrected chi connectivity index (χ0v) is 17.7. The Morgan fingerprint density at radius 3 is 2.45 bits per heavy atom. The fourth-order valence-electron chi connectivity index (χ4n) is 4.93. The summed E-state index contributed by atoms with van der Waals surface area (Å²) in [5.74, 6) is 2.01. The molecule has 5 heteroatoms. The van der Waals surface area contributed by atoms with E-state index in [0.717, 1.165) is 50.7 Å². The molecule has 0 radical (unpaired) electrons. The van der Waals surface area contributed by atoms with Crippen molar-refractivity contribution in [1.29, 1.82) is 0 Å². The average Bonchev–Trinajstić information content (AvgIpc) is 3.15. The molecular weight excluding hydrogens is 362 g/mol. The van der Waals surface area contributed by atoms with Crippen LogP contribution in [0.1, 0.15) is 36.3 Å². The maximum atomic E-state index is 9.60. The molecule has 0 unspecified atom stereocenters. The maximum Gasteiger partial charge on any atom is 0.118 e. The summed E-state index contributed by atoms with van der Waals surface area (Å²) >= 11 is 0. The minimum Gasteiger partial charge on any atom is -0.465 e. The van der Waals surface area contributed by atoms with Gasteiger partial charge in [0.15, 0.2) is 0 Å². The van der Waals surface area contributed by atoms with Gasteiger partial charge in [-0.25, -0.2) is 0 Å². The summed E-state index contributed by atoms with van der Waals surface area (Å²) in [6.07, 6.45) is 3.33. The summed E-state index contributed by atoms with van der Waals surface area (Å²) in [5.41, 5.74) is 1.41. The molecule has 0 saturated carbocycles. The van der Waals surface area contributed by atoms with Crippen LogP contribution in [-0.2, 0) is 13.1 Å². The second kappa shape index (κ2) is 9.90. The number of aryl methyl sites for hydroxylation is 1. The van der Waals surface area contributed by atoms with Crippen molar-refractivity contribution in [2.45, 2.75) is 51.4 Å². The summed E-state index contributed by atoms with van der Waals surface area (Å²) in [4.78, 5) is 7.77. The van der Waals surface area contributed by atoms with E-state index in [1.165, 1.54) is 31.5 Å². The number of rotatable bonds is 7. The fraction of sp³-hybridized carbons (Fsp3) is 0.583. The average molecular weight is 398 g/mol. The Balaban J connectivity index is 1.28. The lowest BCUT2D eigenvalue weighted by Gasteiger charge is -2.46. The van der Waals surface area contributed by atoms with Crippen LogP contribution in [0.15, 0.2) is 46.9 Å². The molecule has 0 amide bonds. The van der Waals surface area contributed by atoms with Crippen LogP contribution in [0.5, 0.6) is 0 Å². The third kappa shape index (κ3) is 5.48. The van der Waals surface area contributed by atoms with Crippen LogP contribution in [0.2, 0.25) is 0 Å². The second-order valence-electron chi connectivity index (χ2n) is 8.64.